The monoisotopic (exact) mass is 445 g/mol. The molecule has 0 unspecified atom stereocenters. The van der Waals surface area contributed by atoms with Gasteiger partial charge in [-0.05, 0) is 80.7 Å². The number of Topliss-reactive ketones (excluding diaryl/α,β-unsaturated/α-hetero) is 2. The van der Waals surface area contributed by atoms with Crippen LogP contribution in [0.15, 0.2) is 12.1 Å². The Bertz CT molecular complexity index is 925. The summed E-state index contributed by atoms with van der Waals surface area (Å²) in [5.74, 6) is 4.49. The van der Waals surface area contributed by atoms with Gasteiger partial charge in [0.25, 0.3) is 0 Å². The number of ketones is 2. The van der Waals surface area contributed by atoms with Gasteiger partial charge in [-0.3, -0.25) is 14.4 Å². The number of benzene rings is 1. The van der Waals surface area contributed by atoms with E-state index in [0.717, 1.165) is 22.3 Å². The molecule has 1 amide bonds. The first-order chi connectivity index (χ1) is 15.1. The summed E-state index contributed by atoms with van der Waals surface area (Å²) < 4.78 is 28.2. The molecule has 2 aliphatic carbocycles. The van der Waals surface area contributed by atoms with Gasteiger partial charge in [0.2, 0.25) is 5.91 Å². The van der Waals surface area contributed by atoms with Crippen molar-refractivity contribution >= 4 is 17.5 Å². The van der Waals surface area contributed by atoms with Gasteiger partial charge in [-0.15, -0.1) is 5.92 Å². The van der Waals surface area contributed by atoms with Crippen LogP contribution in [0.1, 0.15) is 73.6 Å². The highest BCUT2D eigenvalue weighted by molar-refractivity contribution is 6.10. The van der Waals surface area contributed by atoms with Gasteiger partial charge in [0.1, 0.15) is 24.1 Å². The van der Waals surface area contributed by atoms with Crippen LogP contribution >= 0.6 is 0 Å². The molecule has 0 aliphatic heterocycles. The van der Waals surface area contributed by atoms with E-state index < -0.39 is 25.0 Å². The van der Waals surface area contributed by atoms with Crippen molar-refractivity contribution in [2.24, 2.45) is 5.41 Å². The van der Waals surface area contributed by atoms with Crippen LogP contribution in [0, 0.1) is 31.1 Å². The number of carbonyl (C=O) groups is 3. The van der Waals surface area contributed by atoms with E-state index >= 15 is 0 Å². The Morgan fingerprint density at radius 3 is 2.22 bits per heavy atom. The second-order valence-corrected chi connectivity index (χ2v) is 9.03. The number of hydrogen-bond acceptors (Lipinski definition) is 4. The SMILES string of the molecule is CC#Cc1cc(C)c(C2C(=O)CC3(CCC(NC(=O)COC(F)F)CC3)CC2=O)c(C)c1. The van der Waals surface area contributed by atoms with Gasteiger partial charge < -0.3 is 10.1 Å². The van der Waals surface area contributed by atoms with E-state index in [-0.39, 0.29) is 23.0 Å². The summed E-state index contributed by atoms with van der Waals surface area (Å²) in [6, 6.07) is 3.69. The average molecular weight is 446 g/mol. The summed E-state index contributed by atoms with van der Waals surface area (Å²) in [6.45, 7) is 1.94. The number of rotatable bonds is 5. The van der Waals surface area contributed by atoms with E-state index in [1.54, 1.807) is 6.92 Å². The van der Waals surface area contributed by atoms with Crippen molar-refractivity contribution in [2.75, 3.05) is 6.61 Å². The molecular formula is C25H29F2NO4. The summed E-state index contributed by atoms with van der Waals surface area (Å²) in [7, 11) is 0. The summed E-state index contributed by atoms with van der Waals surface area (Å²) >= 11 is 0. The van der Waals surface area contributed by atoms with Crippen molar-refractivity contribution in [2.45, 2.75) is 77.9 Å². The minimum Gasteiger partial charge on any atom is -0.351 e. The second-order valence-electron chi connectivity index (χ2n) is 9.03. The summed E-state index contributed by atoms with van der Waals surface area (Å²) in [5, 5.41) is 2.71. The maximum Gasteiger partial charge on any atom is 0.345 e. The number of hydrogen-bond donors (Lipinski definition) is 1. The van der Waals surface area contributed by atoms with Crippen molar-refractivity contribution in [1.29, 1.82) is 0 Å². The Morgan fingerprint density at radius 1 is 1.16 bits per heavy atom. The third kappa shape index (κ3) is 5.42. The Labute approximate surface area is 187 Å². The molecule has 172 valence electrons. The highest BCUT2D eigenvalue weighted by atomic mass is 19.3. The normalized spacial score (nSPS) is 25.6. The molecule has 5 nitrogen and oxygen atoms in total. The molecule has 2 aliphatic rings. The number of halogens is 2. The number of ether oxygens (including phenoxy) is 1. The predicted molar refractivity (Wildman–Crippen MR) is 115 cm³/mol. The van der Waals surface area contributed by atoms with Gasteiger partial charge in [-0.2, -0.15) is 8.78 Å². The molecule has 0 bridgehead atoms. The van der Waals surface area contributed by atoms with E-state index in [1.807, 2.05) is 26.0 Å². The van der Waals surface area contributed by atoms with Crippen LogP contribution in [0.5, 0.6) is 0 Å². The molecule has 0 radical (unpaired) electrons. The van der Waals surface area contributed by atoms with E-state index in [1.165, 1.54) is 0 Å². The number of carbonyl (C=O) groups excluding carboxylic acids is 3. The van der Waals surface area contributed by atoms with Gasteiger partial charge in [-0.25, -0.2) is 0 Å². The number of nitrogens with one attached hydrogen (secondary N) is 1. The van der Waals surface area contributed by atoms with Crippen molar-refractivity contribution in [3.05, 3.63) is 34.4 Å². The lowest BCUT2D eigenvalue weighted by atomic mass is 9.60. The zero-order valence-corrected chi connectivity index (χ0v) is 18.7. The van der Waals surface area contributed by atoms with Crippen molar-refractivity contribution in [3.63, 3.8) is 0 Å². The largest absolute Gasteiger partial charge is 0.351 e. The zero-order chi connectivity index (χ0) is 23.5. The zero-order valence-electron chi connectivity index (χ0n) is 18.7. The summed E-state index contributed by atoms with van der Waals surface area (Å²) in [5.41, 5.74) is 3.11. The van der Waals surface area contributed by atoms with E-state index in [0.29, 0.717) is 38.5 Å². The fraction of sp³-hybridized carbons (Fsp3) is 0.560. The van der Waals surface area contributed by atoms with Gasteiger partial charge in [0.05, 0.1) is 0 Å². The van der Waals surface area contributed by atoms with Crippen LogP contribution in [0.25, 0.3) is 0 Å². The predicted octanol–water partition coefficient (Wildman–Crippen LogP) is 3.97. The molecule has 1 aromatic rings. The van der Waals surface area contributed by atoms with Crippen LogP contribution in [0.3, 0.4) is 0 Å². The molecule has 0 saturated heterocycles. The van der Waals surface area contributed by atoms with E-state index in [2.05, 4.69) is 21.9 Å². The number of amides is 1. The molecule has 0 atom stereocenters. The molecule has 3 rings (SSSR count). The van der Waals surface area contributed by atoms with Crippen molar-refractivity contribution < 1.29 is 27.9 Å². The quantitative estimate of drug-likeness (QED) is 0.550. The first-order valence-corrected chi connectivity index (χ1v) is 10.9. The molecule has 0 heterocycles. The smallest absolute Gasteiger partial charge is 0.345 e. The Kier molecular flexibility index (Phi) is 7.45. The van der Waals surface area contributed by atoms with Crippen LogP contribution in [-0.4, -0.2) is 36.7 Å². The highest BCUT2D eigenvalue weighted by Crippen LogP contribution is 2.49. The molecule has 2 saturated carbocycles. The first-order valence-electron chi connectivity index (χ1n) is 10.9. The van der Waals surface area contributed by atoms with Crippen LogP contribution < -0.4 is 5.32 Å². The van der Waals surface area contributed by atoms with Gasteiger partial charge in [0, 0.05) is 24.4 Å². The molecule has 1 spiro atoms. The Morgan fingerprint density at radius 2 is 1.72 bits per heavy atom. The van der Waals surface area contributed by atoms with Crippen LogP contribution in [0.2, 0.25) is 0 Å². The summed E-state index contributed by atoms with van der Waals surface area (Å²) in [4.78, 5) is 38.1. The minimum absolute atomic E-state index is 0.0467. The van der Waals surface area contributed by atoms with E-state index in [4.69, 9.17) is 0 Å². The topological polar surface area (TPSA) is 72.5 Å². The summed E-state index contributed by atoms with van der Waals surface area (Å²) in [6.07, 6.45) is 3.17. The fourth-order valence-corrected chi connectivity index (χ4v) is 5.29. The average Bonchev–Trinajstić information content (AvgIpc) is 2.70. The molecule has 2 fully saturated rings. The maximum atomic E-state index is 13.2. The number of alkyl halides is 2. The lowest BCUT2D eigenvalue weighted by Crippen LogP contribution is -2.46. The van der Waals surface area contributed by atoms with Gasteiger partial charge >= 0.3 is 6.61 Å². The molecule has 32 heavy (non-hydrogen) atoms. The van der Waals surface area contributed by atoms with E-state index in [9.17, 15) is 23.2 Å². The third-order valence-corrected chi connectivity index (χ3v) is 6.65. The highest BCUT2D eigenvalue weighted by Gasteiger charge is 2.47. The fourth-order valence-electron chi connectivity index (χ4n) is 5.29. The second kappa shape index (κ2) is 9.91. The molecule has 1 aromatic carbocycles. The number of aryl methyl sites for hydroxylation is 2. The van der Waals surface area contributed by atoms with Crippen LogP contribution in [-0.2, 0) is 19.1 Å². The van der Waals surface area contributed by atoms with Crippen molar-refractivity contribution in [3.8, 4) is 11.8 Å². The molecular weight excluding hydrogens is 416 g/mol. The molecule has 1 N–H and O–H groups in total. The maximum absolute atomic E-state index is 13.2. The molecule has 7 heteroatoms. The molecule has 0 aromatic heterocycles. The van der Waals surface area contributed by atoms with Gasteiger partial charge in [0.15, 0.2) is 0 Å². The first kappa shape index (κ1) is 24.1. The lowest BCUT2D eigenvalue weighted by Gasteiger charge is -2.43. The standard InChI is InChI=1S/C25H29F2NO4/c1-4-5-17-10-15(2)22(16(3)11-17)23-19(29)12-25(13-20(23)30)8-6-18(7-9-25)28-21(31)14-32-24(26)27/h10-11,18,23-24H,6-9,12-14H2,1-3H3,(H,28,31). The van der Waals surface area contributed by atoms with Crippen LogP contribution in [0.4, 0.5) is 8.78 Å². The lowest BCUT2D eigenvalue weighted by molar-refractivity contribution is -0.152. The van der Waals surface area contributed by atoms with Crippen molar-refractivity contribution in [1.82, 2.24) is 5.32 Å². The Hall–Kier alpha value is -2.59. The minimum atomic E-state index is -2.98. The Balaban J connectivity index is 1.66. The third-order valence-electron chi connectivity index (χ3n) is 6.65. The van der Waals surface area contributed by atoms with Gasteiger partial charge in [-0.1, -0.05) is 5.92 Å².